The normalized spacial score (nSPS) is 40.3. The summed E-state index contributed by atoms with van der Waals surface area (Å²) in [6, 6.07) is 2.38. The van der Waals surface area contributed by atoms with E-state index in [0.29, 0.717) is 11.8 Å². The summed E-state index contributed by atoms with van der Waals surface area (Å²) in [6.07, 6.45) is 12.7. The number of ether oxygens (including phenoxy) is 2. The highest BCUT2D eigenvalue weighted by atomic mass is 16.5. The van der Waals surface area contributed by atoms with Crippen LogP contribution in [0.15, 0.2) is 31.1 Å². The Balaban J connectivity index is 1.35. The zero-order valence-corrected chi connectivity index (χ0v) is 28.3. The number of rotatable bonds is 1. The van der Waals surface area contributed by atoms with E-state index in [4.69, 9.17) is 9.47 Å². The van der Waals surface area contributed by atoms with Gasteiger partial charge in [-0.1, -0.05) is 27.4 Å². The Morgan fingerprint density at radius 3 is 2.56 bits per heavy atom. The lowest BCUT2D eigenvalue weighted by molar-refractivity contribution is -0.170. The van der Waals surface area contributed by atoms with Gasteiger partial charge < -0.3 is 24.1 Å². The van der Waals surface area contributed by atoms with Crippen LogP contribution in [0.3, 0.4) is 0 Å². The lowest BCUT2D eigenvalue weighted by Crippen LogP contribution is -2.62. The molecule has 2 fully saturated rings. The molecule has 8 atom stereocenters. The van der Waals surface area contributed by atoms with E-state index in [1.54, 1.807) is 0 Å². The molecule has 5 nitrogen and oxygen atoms in total. The maximum atomic E-state index is 12.2. The summed E-state index contributed by atoms with van der Waals surface area (Å²) in [6.45, 7) is 22.5. The van der Waals surface area contributed by atoms with Gasteiger partial charge in [0.25, 0.3) is 0 Å². The molecule has 2 aromatic heterocycles. The first-order valence-corrected chi connectivity index (χ1v) is 17.3. The van der Waals surface area contributed by atoms with Gasteiger partial charge in [-0.05, 0) is 131 Å². The number of aliphatic hydroxyl groups excluding tert-OH is 1. The van der Waals surface area contributed by atoms with Gasteiger partial charge >= 0.3 is 0 Å². The third kappa shape index (κ3) is 3.05. The molecule has 45 heavy (non-hydrogen) atoms. The predicted octanol–water partition coefficient (Wildman–Crippen LogP) is 8.85. The molecule has 0 radical (unpaired) electrons. The van der Waals surface area contributed by atoms with Gasteiger partial charge in [0, 0.05) is 38.8 Å². The van der Waals surface area contributed by atoms with Crippen LogP contribution in [0.1, 0.15) is 122 Å². The first-order chi connectivity index (χ1) is 21.1. The number of aromatic nitrogens is 1. The Kier molecular flexibility index (Phi) is 5.19. The molecule has 3 aromatic rings. The number of allylic oxidation sites excluding steroid dienone is 2. The Labute approximate surface area is 267 Å². The molecular formula is C40H49NO4. The first-order valence-electron chi connectivity index (χ1n) is 17.3. The molecule has 4 heterocycles. The molecule has 2 aliphatic heterocycles. The second-order valence-electron chi connectivity index (χ2n) is 17.5. The van der Waals surface area contributed by atoms with E-state index >= 15 is 0 Å². The Hall–Kier alpha value is -2.76. The largest absolute Gasteiger partial charge is 0.505 e. The van der Waals surface area contributed by atoms with Gasteiger partial charge in [0.15, 0.2) is 0 Å². The third-order valence-corrected chi connectivity index (χ3v) is 14.4. The number of hydrogen-bond acceptors (Lipinski definition) is 4. The van der Waals surface area contributed by atoms with Crippen LogP contribution < -0.4 is 0 Å². The highest BCUT2D eigenvalue weighted by Crippen LogP contribution is 2.72. The van der Waals surface area contributed by atoms with Crippen LogP contribution in [0, 0.1) is 28.6 Å². The molecule has 9 rings (SSSR count). The monoisotopic (exact) mass is 607 g/mol. The Morgan fingerprint density at radius 2 is 1.82 bits per heavy atom. The Bertz CT molecular complexity index is 1910. The molecular weight excluding hydrogens is 558 g/mol. The molecule has 5 heteroatoms. The van der Waals surface area contributed by atoms with Crippen LogP contribution in [0.2, 0.25) is 0 Å². The molecule has 0 amide bonds. The maximum absolute atomic E-state index is 12.2. The van der Waals surface area contributed by atoms with Crippen molar-refractivity contribution < 1.29 is 19.7 Å². The van der Waals surface area contributed by atoms with E-state index in [1.165, 1.54) is 29.5 Å². The first kappa shape index (κ1) is 28.5. The van der Waals surface area contributed by atoms with E-state index in [2.05, 4.69) is 77.7 Å². The van der Waals surface area contributed by atoms with Crippen molar-refractivity contribution in [3.8, 4) is 5.75 Å². The van der Waals surface area contributed by atoms with E-state index in [9.17, 15) is 10.2 Å². The second kappa shape index (κ2) is 8.20. The van der Waals surface area contributed by atoms with Crippen molar-refractivity contribution >= 4 is 27.4 Å². The van der Waals surface area contributed by atoms with Crippen molar-refractivity contribution in [2.24, 2.45) is 28.6 Å². The second-order valence-corrected chi connectivity index (χ2v) is 17.5. The fourth-order valence-electron chi connectivity index (χ4n) is 12.7. The summed E-state index contributed by atoms with van der Waals surface area (Å²) in [5.74, 6) is 1.16. The van der Waals surface area contributed by atoms with Crippen LogP contribution in [0.4, 0.5) is 0 Å². The van der Waals surface area contributed by atoms with Crippen LogP contribution in [0.25, 0.3) is 27.4 Å². The number of fused-ring (bicyclic) bond motifs is 13. The van der Waals surface area contributed by atoms with Gasteiger partial charge in [0.2, 0.25) is 0 Å². The van der Waals surface area contributed by atoms with E-state index < -0.39 is 17.3 Å². The van der Waals surface area contributed by atoms with Crippen molar-refractivity contribution in [3.05, 3.63) is 59.1 Å². The van der Waals surface area contributed by atoms with Gasteiger partial charge in [-0.2, -0.15) is 0 Å². The molecule has 0 saturated heterocycles. The fraction of sp³-hybridized carbons (Fsp3) is 0.600. The smallest absolute Gasteiger partial charge is 0.149 e. The minimum atomic E-state index is -0.768. The van der Waals surface area contributed by atoms with Crippen molar-refractivity contribution in [1.82, 2.24) is 4.40 Å². The lowest BCUT2D eigenvalue weighted by Gasteiger charge is -2.65. The molecule has 0 spiro atoms. The van der Waals surface area contributed by atoms with Crippen molar-refractivity contribution in [1.29, 1.82) is 0 Å². The summed E-state index contributed by atoms with van der Waals surface area (Å²) in [4.78, 5) is 0. The molecule has 4 aliphatic carbocycles. The summed E-state index contributed by atoms with van der Waals surface area (Å²) < 4.78 is 15.3. The average Bonchev–Trinajstić information content (AvgIpc) is 3.61. The van der Waals surface area contributed by atoms with Crippen LogP contribution in [0.5, 0.6) is 5.75 Å². The van der Waals surface area contributed by atoms with Crippen molar-refractivity contribution in [2.75, 3.05) is 0 Å². The summed E-state index contributed by atoms with van der Waals surface area (Å²) >= 11 is 0. The zero-order valence-electron chi connectivity index (χ0n) is 28.3. The summed E-state index contributed by atoms with van der Waals surface area (Å²) in [5, 5.41) is 26.4. The number of benzene rings is 1. The number of aliphatic hydroxyl groups is 1. The molecule has 238 valence electrons. The van der Waals surface area contributed by atoms with E-state index in [1.807, 2.05) is 13.2 Å². The minimum Gasteiger partial charge on any atom is -0.505 e. The van der Waals surface area contributed by atoms with Gasteiger partial charge in [-0.25, -0.2) is 0 Å². The Morgan fingerprint density at radius 1 is 1.07 bits per heavy atom. The van der Waals surface area contributed by atoms with Crippen LogP contribution in [-0.4, -0.2) is 31.9 Å². The van der Waals surface area contributed by atoms with E-state index in [-0.39, 0.29) is 34.0 Å². The standard InChI is InChI=1S/C40H49NO4/c1-20(2)31-34(43)29-28-22(25-19-36(3,4)45-37(5,6)30(25)33(28)42)18-23-24-17-21-11-12-26-38(7)14-10-16-44-27(38)13-15-39(26,8)40(21,9)35(24)41(31)32(23)29/h10,16,18-19,21,26-27,30,33,42-43H,1,11-15,17H2,2-9H3/t21-,26-,27-,30+,33+,38-,39-,40+/m0/s1. The lowest BCUT2D eigenvalue weighted by atomic mass is 9.40. The van der Waals surface area contributed by atoms with Crippen molar-refractivity contribution in [3.63, 3.8) is 0 Å². The molecule has 6 aliphatic rings. The van der Waals surface area contributed by atoms with Gasteiger partial charge in [0.05, 0.1) is 34.8 Å². The molecule has 0 unspecified atom stereocenters. The number of nitrogens with zero attached hydrogens (tertiary/aromatic N) is 1. The summed E-state index contributed by atoms with van der Waals surface area (Å²) in [7, 11) is 0. The summed E-state index contributed by atoms with van der Waals surface area (Å²) in [5.41, 5.74) is 7.78. The topological polar surface area (TPSA) is 63.3 Å². The molecule has 2 saturated carbocycles. The highest BCUT2D eigenvalue weighted by molar-refractivity contribution is 6.11. The van der Waals surface area contributed by atoms with Crippen molar-refractivity contribution in [2.45, 2.75) is 123 Å². The van der Waals surface area contributed by atoms with Gasteiger partial charge in [0.1, 0.15) is 11.9 Å². The van der Waals surface area contributed by atoms with Crippen LogP contribution in [-0.2, 0) is 21.3 Å². The number of aromatic hydroxyl groups is 1. The van der Waals surface area contributed by atoms with Crippen LogP contribution >= 0.6 is 0 Å². The number of hydrogen-bond donors (Lipinski definition) is 2. The molecule has 2 N–H and O–H groups in total. The zero-order chi connectivity index (χ0) is 31.8. The van der Waals surface area contributed by atoms with Gasteiger partial charge in [-0.15, -0.1) is 0 Å². The molecule has 1 aromatic carbocycles. The quantitative estimate of drug-likeness (QED) is 0.290. The maximum Gasteiger partial charge on any atom is 0.149 e. The molecule has 0 bridgehead atoms. The van der Waals surface area contributed by atoms with E-state index in [0.717, 1.165) is 64.6 Å². The minimum absolute atomic E-state index is 0.0739. The van der Waals surface area contributed by atoms with Gasteiger partial charge in [-0.3, -0.25) is 0 Å². The average molecular weight is 608 g/mol. The highest BCUT2D eigenvalue weighted by Gasteiger charge is 2.68. The third-order valence-electron chi connectivity index (χ3n) is 14.4. The SMILES string of the molecule is C=C(C)c1c(O)c2c3c(cc4c5c(n1c42)[C@@]1(C)[C@@H](CC[C@H]2[C@]4(C)CC=CO[C@H]4CC[C@@]21C)C5)C1=CC(C)(C)OC(C)(C)[C@H]1[C@@H]3O. The predicted molar refractivity (Wildman–Crippen MR) is 179 cm³/mol. The fourth-order valence-corrected chi connectivity index (χ4v) is 12.7.